The number of hydrogen-bond acceptors (Lipinski definition) is 3. The SMILES string of the molecule is CCCNC(CO)COCC(C)C. The molecule has 0 saturated heterocycles. The smallest absolute Gasteiger partial charge is 0.0642 e. The molecule has 13 heavy (non-hydrogen) atoms. The van der Waals surface area contributed by atoms with Crippen LogP contribution in [0.1, 0.15) is 27.2 Å². The van der Waals surface area contributed by atoms with Crippen LogP contribution in [0.15, 0.2) is 0 Å². The van der Waals surface area contributed by atoms with Gasteiger partial charge in [0.2, 0.25) is 0 Å². The lowest BCUT2D eigenvalue weighted by molar-refractivity contribution is 0.0724. The van der Waals surface area contributed by atoms with Gasteiger partial charge in [0.1, 0.15) is 0 Å². The van der Waals surface area contributed by atoms with Gasteiger partial charge in [-0.3, -0.25) is 0 Å². The predicted molar refractivity (Wildman–Crippen MR) is 54.8 cm³/mol. The van der Waals surface area contributed by atoms with E-state index in [0.29, 0.717) is 12.5 Å². The largest absolute Gasteiger partial charge is 0.395 e. The van der Waals surface area contributed by atoms with Gasteiger partial charge in [-0.25, -0.2) is 0 Å². The summed E-state index contributed by atoms with van der Waals surface area (Å²) in [5, 5.41) is 12.2. The lowest BCUT2D eigenvalue weighted by atomic mass is 10.2. The summed E-state index contributed by atoms with van der Waals surface area (Å²) in [5.74, 6) is 0.561. The van der Waals surface area contributed by atoms with Crippen molar-refractivity contribution in [3.8, 4) is 0 Å². The first-order valence-electron chi connectivity index (χ1n) is 5.12. The monoisotopic (exact) mass is 189 g/mol. The van der Waals surface area contributed by atoms with Crippen LogP contribution < -0.4 is 5.32 Å². The minimum absolute atomic E-state index is 0.0960. The number of aliphatic hydroxyl groups excluding tert-OH is 1. The highest BCUT2D eigenvalue weighted by atomic mass is 16.5. The van der Waals surface area contributed by atoms with Crippen molar-refractivity contribution in [2.24, 2.45) is 5.92 Å². The fourth-order valence-corrected chi connectivity index (χ4v) is 0.971. The fourth-order valence-electron chi connectivity index (χ4n) is 0.971. The van der Waals surface area contributed by atoms with Crippen LogP contribution in [-0.2, 0) is 4.74 Å². The van der Waals surface area contributed by atoms with Crippen LogP contribution in [0, 0.1) is 5.92 Å². The summed E-state index contributed by atoms with van der Waals surface area (Å²) < 4.78 is 5.42. The second kappa shape index (κ2) is 8.48. The van der Waals surface area contributed by atoms with Crippen molar-refractivity contribution in [1.29, 1.82) is 0 Å². The summed E-state index contributed by atoms with van der Waals surface area (Å²) in [7, 11) is 0. The van der Waals surface area contributed by atoms with Crippen molar-refractivity contribution in [2.75, 3.05) is 26.4 Å². The molecule has 0 amide bonds. The fraction of sp³-hybridized carbons (Fsp3) is 1.00. The number of nitrogens with one attached hydrogen (secondary N) is 1. The normalized spacial score (nSPS) is 13.6. The Kier molecular flexibility index (Phi) is 8.40. The average Bonchev–Trinajstić information content (AvgIpc) is 2.10. The van der Waals surface area contributed by atoms with E-state index in [0.717, 1.165) is 19.6 Å². The zero-order chi connectivity index (χ0) is 10.1. The van der Waals surface area contributed by atoms with E-state index in [4.69, 9.17) is 9.84 Å². The van der Waals surface area contributed by atoms with Gasteiger partial charge >= 0.3 is 0 Å². The van der Waals surface area contributed by atoms with Crippen LogP contribution in [0.25, 0.3) is 0 Å². The van der Waals surface area contributed by atoms with Crippen molar-refractivity contribution in [3.63, 3.8) is 0 Å². The number of rotatable bonds is 8. The Bertz CT molecular complexity index is 107. The molecular formula is C10H23NO2. The van der Waals surface area contributed by atoms with E-state index in [2.05, 4.69) is 26.1 Å². The maximum atomic E-state index is 8.98. The Morgan fingerprint density at radius 3 is 2.46 bits per heavy atom. The molecule has 3 heteroatoms. The van der Waals surface area contributed by atoms with Gasteiger partial charge in [0.15, 0.2) is 0 Å². The number of aliphatic hydroxyl groups is 1. The molecule has 1 unspecified atom stereocenters. The van der Waals surface area contributed by atoms with Crippen LogP contribution in [0.2, 0.25) is 0 Å². The average molecular weight is 189 g/mol. The molecule has 0 bridgehead atoms. The van der Waals surface area contributed by atoms with E-state index in [-0.39, 0.29) is 12.6 Å². The van der Waals surface area contributed by atoms with E-state index in [1.165, 1.54) is 0 Å². The summed E-state index contributed by atoms with van der Waals surface area (Å²) in [6.45, 7) is 8.81. The molecule has 80 valence electrons. The Labute approximate surface area is 81.5 Å². The summed E-state index contributed by atoms with van der Waals surface area (Å²) in [6, 6.07) is 0.0960. The predicted octanol–water partition coefficient (Wildman–Crippen LogP) is 1.02. The van der Waals surface area contributed by atoms with Gasteiger partial charge in [-0.2, -0.15) is 0 Å². The molecular weight excluding hydrogens is 166 g/mol. The second-order valence-corrected chi connectivity index (χ2v) is 3.76. The quantitative estimate of drug-likeness (QED) is 0.599. The highest BCUT2D eigenvalue weighted by molar-refractivity contribution is 4.63. The maximum absolute atomic E-state index is 8.98. The third kappa shape index (κ3) is 8.22. The number of ether oxygens (including phenoxy) is 1. The Hall–Kier alpha value is -0.120. The molecule has 0 saturated carbocycles. The highest BCUT2D eigenvalue weighted by Gasteiger charge is 2.05. The van der Waals surface area contributed by atoms with Crippen LogP contribution in [0.3, 0.4) is 0 Å². The molecule has 0 aliphatic rings. The van der Waals surface area contributed by atoms with E-state index in [1.54, 1.807) is 0 Å². The minimum Gasteiger partial charge on any atom is -0.395 e. The topological polar surface area (TPSA) is 41.5 Å². The first-order chi connectivity index (χ1) is 6.20. The third-order valence-corrected chi connectivity index (χ3v) is 1.67. The summed E-state index contributed by atoms with van der Waals surface area (Å²) >= 11 is 0. The molecule has 0 radical (unpaired) electrons. The van der Waals surface area contributed by atoms with E-state index in [1.807, 2.05) is 0 Å². The highest BCUT2D eigenvalue weighted by Crippen LogP contribution is 1.94. The summed E-state index contributed by atoms with van der Waals surface area (Å²) in [6.07, 6.45) is 1.08. The van der Waals surface area contributed by atoms with E-state index < -0.39 is 0 Å². The van der Waals surface area contributed by atoms with Crippen molar-refractivity contribution in [3.05, 3.63) is 0 Å². The third-order valence-electron chi connectivity index (χ3n) is 1.67. The maximum Gasteiger partial charge on any atom is 0.0642 e. The van der Waals surface area contributed by atoms with Gasteiger partial charge in [-0.15, -0.1) is 0 Å². The summed E-state index contributed by atoms with van der Waals surface area (Å²) in [5.41, 5.74) is 0. The van der Waals surface area contributed by atoms with Gasteiger partial charge in [0.05, 0.1) is 19.3 Å². The van der Waals surface area contributed by atoms with Crippen LogP contribution in [0.5, 0.6) is 0 Å². The van der Waals surface area contributed by atoms with Crippen LogP contribution >= 0.6 is 0 Å². The zero-order valence-electron chi connectivity index (χ0n) is 9.05. The second-order valence-electron chi connectivity index (χ2n) is 3.76. The van der Waals surface area contributed by atoms with Gasteiger partial charge in [-0.05, 0) is 18.9 Å². The standard InChI is InChI=1S/C10H23NO2/c1-4-5-11-10(6-12)8-13-7-9(2)3/h9-12H,4-8H2,1-3H3. The Balaban J connectivity index is 3.36. The van der Waals surface area contributed by atoms with Gasteiger partial charge in [0, 0.05) is 6.61 Å². The first kappa shape index (κ1) is 12.9. The van der Waals surface area contributed by atoms with Gasteiger partial charge in [0.25, 0.3) is 0 Å². The molecule has 2 N–H and O–H groups in total. The van der Waals surface area contributed by atoms with Crippen molar-refractivity contribution in [2.45, 2.75) is 33.2 Å². The summed E-state index contributed by atoms with van der Waals surface area (Å²) in [4.78, 5) is 0. The molecule has 0 aromatic heterocycles. The molecule has 0 spiro atoms. The molecule has 0 heterocycles. The first-order valence-corrected chi connectivity index (χ1v) is 5.12. The van der Waals surface area contributed by atoms with E-state index in [9.17, 15) is 0 Å². The number of hydrogen-bond donors (Lipinski definition) is 2. The Morgan fingerprint density at radius 2 is 2.00 bits per heavy atom. The van der Waals surface area contributed by atoms with E-state index >= 15 is 0 Å². The van der Waals surface area contributed by atoms with Crippen molar-refractivity contribution < 1.29 is 9.84 Å². The molecule has 0 fully saturated rings. The molecule has 0 aromatic rings. The molecule has 3 nitrogen and oxygen atoms in total. The lowest BCUT2D eigenvalue weighted by Crippen LogP contribution is -2.37. The van der Waals surface area contributed by atoms with Gasteiger partial charge in [-0.1, -0.05) is 20.8 Å². The van der Waals surface area contributed by atoms with Crippen molar-refractivity contribution >= 4 is 0 Å². The van der Waals surface area contributed by atoms with Crippen LogP contribution in [0.4, 0.5) is 0 Å². The van der Waals surface area contributed by atoms with Crippen LogP contribution in [-0.4, -0.2) is 37.5 Å². The van der Waals surface area contributed by atoms with Gasteiger partial charge < -0.3 is 15.2 Å². The molecule has 0 aliphatic heterocycles. The zero-order valence-corrected chi connectivity index (χ0v) is 9.05. The molecule has 0 rings (SSSR count). The molecule has 0 aliphatic carbocycles. The molecule has 1 atom stereocenters. The minimum atomic E-state index is 0.0960. The molecule has 0 aromatic carbocycles. The Morgan fingerprint density at radius 1 is 1.31 bits per heavy atom. The van der Waals surface area contributed by atoms with Crippen molar-refractivity contribution in [1.82, 2.24) is 5.32 Å². The lowest BCUT2D eigenvalue weighted by Gasteiger charge is -2.16.